The first-order valence-electron chi connectivity index (χ1n) is 7.67. The van der Waals surface area contributed by atoms with Crippen LogP contribution in [0.25, 0.3) is 17.4 Å². The number of imide groups is 1. The number of rotatable bonds is 2. The van der Waals surface area contributed by atoms with Crippen LogP contribution in [0.15, 0.2) is 57.5 Å². The van der Waals surface area contributed by atoms with Gasteiger partial charge in [0.2, 0.25) is 0 Å². The van der Waals surface area contributed by atoms with Gasteiger partial charge in [0.25, 0.3) is 11.8 Å². The second kappa shape index (κ2) is 6.61. The molecule has 0 fully saturated rings. The molecule has 2 aromatic rings. The van der Waals surface area contributed by atoms with Crippen LogP contribution in [0.3, 0.4) is 0 Å². The van der Waals surface area contributed by atoms with E-state index < -0.39 is 23.6 Å². The maximum Gasteiger partial charge on any atom is 0.416 e. The van der Waals surface area contributed by atoms with Crippen molar-refractivity contribution in [1.29, 1.82) is 5.26 Å². The zero-order valence-corrected chi connectivity index (χ0v) is 13.8. The summed E-state index contributed by atoms with van der Waals surface area (Å²) in [6.07, 6.45) is -3.15. The number of nitriles is 1. The lowest BCUT2D eigenvalue weighted by molar-refractivity contribution is -0.137. The van der Waals surface area contributed by atoms with Crippen molar-refractivity contribution in [2.45, 2.75) is 13.1 Å². The van der Waals surface area contributed by atoms with Gasteiger partial charge in [0.1, 0.15) is 23.2 Å². The lowest BCUT2D eigenvalue weighted by Crippen LogP contribution is -2.37. The van der Waals surface area contributed by atoms with Crippen molar-refractivity contribution in [2.75, 3.05) is 0 Å². The highest BCUT2D eigenvalue weighted by molar-refractivity contribution is 6.19. The fraction of sp³-hybridized carbons (Fsp3) is 0.105. The molecular formula is C19H11F3N2O3. The van der Waals surface area contributed by atoms with E-state index in [1.54, 1.807) is 6.07 Å². The molecule has 136 valence electrons. The van der Waals surface area contributed by atoms with Crippen molar-refractivity contribution in [1.82, 2.24) is 5.32 Å². The smallest absolute Gasteiger partial charge is 0.416 e. The van der Waals surface area contributed by atoms with Crippen LogP contribution in [0.1, 0.15) is 18.2 Å². The Labute approximate surface area is 151 Å². The Morgan fingerprint density at radius 1 is 1.15 bits per heavy atom. The van der Waals surface area contributed by atoms with Gasteiger partial charge in [0, 0.05) is 11.1 Å². The lowest BCUT2D eigenvalue weighted by atomic mass is 9.96. The van der Waals surface area contributed by atoms with Crippen LogP contribution in [0.4, 0.5) is 13.2 Å². The van der Waals surface area contributed by atoms with Crippen LogP contribution in [0.5, 0.6) is 0 Å². The van der Waals surface area contributed by atoms with E-state index in [1.165, 1.54) is 37.3 Å². The molecule has 0 bridgehead atoms. The number of hydrogen-bond acceptors (Lipinski definition) is 4. The van der Waals surface area contributed by atoms with Crippen LogP contribution < -0.4 is 5.32 Å². The number of carbonyl (C=O) groups excluding carboxylic acids is 2. The molecule has 8 heteroatoms. The van der Waals surface area contributed by atoms with Crippen LogP contribution in [-0.4, -0.2) is 11.8 Å². The van der Waals surface area contributed by atoms with Crippen LogP contribution in [0, 0.1) is 11.3 Å². The van der Waals surface area contributed by atoms with Gasteiger partial charge in [0.05, 0.1) is 5.56 Å². The maximum absolute atomic E-state index is 12.8. The van der Waals surface area contributed by atoms with Crippen LogP contribution >= 0.6 is 0 Å². The SMILES string of the molecule is CC1=C(C#N)C(=O)NC(=O)C1=Cc1ccc(-c2cccc(C(F)(F)F)c2)o1. The highest BCUT2D eigenvalue weighted by Crippen LogP contribution is 2.33. The van der Waals surface area contributed by atoms with E-state index in [4.69, 9.17) is 9.68 Å². The molecule has 0 atom stereocenters. The molecule has 0 aliphatic carbocycles. The first kappa shape index (κ1) is 18.2. The summed E-state index contributed by atoms with van der Waals surface area (Å²) < 4.78 is 44.0. The highest BCUT2D eigenvalue weighted by Gasteiger charge is 2.31. The molecule has 1 N–H and O–H groups in total. The molecular weight excluding hydrogens is 361 g/mol. The number of benzene rings is 1. The first-order valence-corrected chi connectivity index (χ1v) is 7.67. The summed E-state index contributed by atoms with van der Waals surface area (Å²) in [4.78, 5) is 23.6. The fourth-order valence-electron chi connectivity index (χ4n) is 2.59. The number of hydrogen-bond donors (Lipinski definition) is 1. The summed E-state index contributed by atoms with van der Waals surface area (Å²) in [7, 11) is 0. The molecule has 1 aliphatic rings. The Hall–Kier alpha value is -3.60. The first-order chi connectivity index (χ1) is 12.7. The average Bonchev–Trinajstić information content (AvgIpc) is 3.07. The van der Waals surface area contributed by atoms with E-state index in [0.717, 1.165) is 12.1 Å². The van der Waals surface area contributed by atoms with Crippen LogP contribution in [-0.2, 0) is 15.8 Å². The Bertz CT molecular complexity index is 1050. The van der Waals surface area contributed by atoms with E-state index in [1.807, 2.05) is 0 Å². The highest BCUT2D eigenvalue weighted by atomic mass is 19.4. The van der Waals surface area contributed by atoms with E-state index in [9.17, 15) is 22.8 Å². The summed E-state index contributed by atoms with van der Waals surface area (Å²) in [5, 5.41) is 11.1. The second-order valence-electron chi connectivity index (χ2n) is 5.73. The number of halogens is 3. The Balaban J connectivity index is 1.99. The van der Waals surface area contributed by atoms with Crippen molar-refractivity contribution in [3.05, 3.63) is 64.4 Å². The molecule has 2 heterocycles. The van der Waals surface area contributed by atoms with Gasteiger partial charge >= 0.3 is 6.18 Å². The zero-order valence-electron chi connectivity index (χ0n) is 13.8. The molecule has 0 unspecified atom stereocenters. The molecule has 1 aromatic carbocycles. The third-order valence-corrected chi connectivity index (χ3v) is 3.98. The third kappa shape index (κ3) is 3.53. The number of nitrogens with one attached hydrogen (secondary N) is 1. The number of furan rings is 1. The molecule has 3 rings (SSSR count). The molecule has 0 radical (unpaired) electrons. The van der Waals surface area contributed by atoms with Crippen molar-refractivity contribution in [3.8, 4) is 17.4 Å². The van der Waals surface area contributed by atoms with E-state index >= 15 is 0 Å². The lowest BCUT2D eigenvalue weighted by Gasteiger charge is -2.15. The topological polar surface area (TPSA) is 83.1 Å². The van der Waals surface area contributed by atoms with E-state index in [2.05, 4.69) is 5.32 Å². The summed E-state index contributed by atoms with van der Waals surface area (Å²) in [5.41, 5.74) is -0.508. The largest absolute Gasteiger partial charge is 0.457 e. The number of alkyl halides is 3. The van der Waals surface area contributed by atoms with Gasteiger partial charge in [-0.15, -0.1) is 0 Å². The summed E-state index contributed by atoms with van der Waals surface area (Å²) >= 11 is 0. The Morgan fingerprint density at radius 3 is 2.56 bits per heavy atom. The molecule has 2 amide bonds. The summed E-state index contributed by atoms with van der Waals surface area (Å²) in [6.45, 7) is 1.46. The molecule has 5 nitrogen and oxygen atoms in total. The number of carbonyl (C=O) groups is 2. The van der Waals surface area contributed by atoms with Gasteiger partial charge < -0.3 is 4.42 Å². The molecule has 1 aromatic heterocycles. The van der Waals surface area contributed by atoms with E-state index in [-0.39, 0.29) is 33.8 Å². The predicted octanol–water partition coefficient (Wildman–Crippen LogP) is 3.85. The second-order valence-corrected chi connectivity index (χ2v) is 5.73. The Kier molecular flexibility index (Phi) is 4.45. The molecule has 0 saturated heterocycles. The molecule has 0 saturated carbocycles. The maximum atomic E-state index is 12.8. The van der Waals surface area contributed by atoms with E-state index in [0.29, 0.717) is 0 Å². The standard InChI is InChI=1S/C19H11F3N2O3/c1-10-14(17(25)24-18(26)15(10)9-23)8-13-5-6-16(27-13)11-3-2-4-12(7-11)19(20,21)22/h2-8H,1H3,(H,24,25,26). The van der Waals surface area contributed by atoms with Crippen molar-refractivity contribution < 1.29 is 27.2 Å². The quantitative estimate of drug-likeness (QED) is 0.641. The Morgan fingerprint density at radius 2 is 1.89 bits per heavy atom. The van der Waals surface area contributed by atoms with Gasteiger partial charge in [-0.1, -0.05) is 12.1 Å². The van der Waals surface area contributed by atoms with Gasteiger partial charge in [-0.05, 0) is 42.8 Å². The van der Waals surface area contributed by atoms with Crippen LogP contribution in [0.2, 0.25) is 0 Å². The van der Waals surface area contributed by atoms with Gasteiger partial charge in [-0.2, -0.15) is 18.4 Å². The minimum atomic E-state index is -4.48. The van der Waals surface area contributed by atoms with Crippen molar-refractivity contribution in [2.24, 2.45) is 0 Å². The summed E-state index contributed by atoms with van der Waals surface area (Å²) in [6, 6.07) is 9.33. The molecule has 1 aliphatic heterocycles. The van der Waals surface area contributed by atoms with Gasteiger partial charge in [-0.25, -0.2) is 0 Å². The number of nitrogens with zero attached hydrogens (tertiary/aromatic N) is 1. The average molecular weight is 372 g/mol. The predicted molar refractivity (Wildman–Crippen MR) is 88.6 cm³/mol. The number of amides is 2. The van der Waals surface area contributed by atoms with Gasteiger partial charge in [-0.3, -0.25) is 14.9 Å². The molecule has 27 heavy (non-hydrogen) atoms. The van der Waals surface area contributed by atoms with Crippen molar-refractivity contribution in [3.63, 3.8) is 0 Å². The third-order valence-electron chi connectivity index (χ3n) is 3.98. The van der Waals surface area contributed by atoms with Crippen molar-refractivity contribution >= 4 is 17.9 Å². The molecule has 0 spiro atoms. The summed E-state index contributed by atoms with van der Waals surface area (Å²) in [5.74, 6) is -1.09. The van der Waals surface area contributed by atoms with Gasteiger partial charge in [0.15, 0.2) is 0 Å². The zero-order chi connectivity index (χ0) is 19.8. The minimum absolute atomic E-state index is 0.0658. The monoisotopic (exact) mass is 372 g/mol. The fourth-order valence-corrected chi connectivity index (χ4v) is 2.59. The minimum Gasteiger partial charge on any atom is -0.457 e. The normalized spacial score (nSPS) is 16.5.